The zero-order valence-electron chi connectivity index (χ0n) is 16.2. The molecule has 9 heteroatoms. The van der Waals surface area contributed by atoms with E-state index in [1.165, 1.54) is 24.3 Å². The van der Waals surface area contributed by atoms with Crippen LogP contribution in [0.15, 0.2) is 48.5 Å². The van der Waals surface area contributed by atoms with Crippen LogP contribution >= 0.6 is 0 Å². The Morgan fingerprint density at radius 1 is 1.13 bits per heavy atom. The standard InChI is InChI=1S/C21H20FN3O5/c1-13-4-2-3-5-17(13)20(28)24-25-11-14(10-19(25)27)21(29)30-12-18(26)23-16-8-6-15(22)7-9-16/h2-9,14H,10-12H2,1H3,(H,23,26)(H,24,28)/t14-/m0/s1. The predicted octanol–water partition coefficient (Wildman–Crippen LogP) is 1.81. The molecule has 0 aliphatic carbocycles. The first-order valence-corrected chi connectivity index (χ1v) is 9.22. The van der Waals surface area contributed by atoms with Gasteiger partial charge in [0.1, 0.15) is 5.82 Å². The molecule has 156 valence electrons. The average Bonchev–Trinajstić information content (AvgIpc) is 3.08. The number of ether oxygens (including phenoxy) is 1. The summed E-state index contributed by atoms with van der Waals surface area (Å²) in [5, 5.41) is 3.55. The van der Waals surface area contributed by atoms with Gasteiger partial charge in [-0.05, 0) is 42.8 Å². The second-order valence-corrected chi connectivity index (χ2v) is 6.82. The van der Waals surface area contributed by atoms with E-state index in [0.717, 1.165) is 10.6 Å². The van der Waals surface area contributed by atoms with Crippen LogP contribution in [0.1, 0.15) is 22.3 Å². The zero-order valence-corrected chi connectivity index (χ0v) is 16.2. The molecule has 0 aromatic heterocycles. The zero-order chi connectivity index (χ0) is 21.7. The number of hydrogen-bond donors (Lipinski definition) is 2. The van der Waals surface area contributed by atoms with Gasteiger partial charge in [-0.25, -0.2) is 4.39 Å². The van der Waals surface area contributed by atoms with E-state index in [1.54, 1.807) is 31.2 Å². The van der Waals surface area contributed by atoms with Crippen molar-refractivity contribution in [2.24, 2.45) is 5.92 Å². The van der Waals surface area contributed by atoms with Gasteiger partial charge in [0.05, 0.1) is 12.5 Å². The Kier molecular flexibility index (Phi) is 6.41. The van der Waals surface area contributed by atoms with Crippen LogP contribution in [0.5, 0.6) is 0 Å². The van der Waals surface area contributed by atoms with E-state index in [0.29, 0.717) is 11.3 Å². The normalized spacial score (nSPS) is 15.6. The lowest BCUT2D eigenvalue weighted by atomic mass is 10.1. The summed E-state index contributed by atoms with van der Waals surface area (Å²) in [7, 11) is 0. The molecular weight excluding hydrogens is 393 g/mol. The van der Waals surface area contributed by atoms with Gasteiger partial charge in [-0.15, -0.1) is 0 Å². The van der Waals surface area contributed by atoms with Gasteiger partial charge >= 0.3 is 5.97 Å². The molecule has 2 N–H and O–H groups in total. The second-order valence-electron chi connectivity index (χ2n) is 6.82. The summed E-state index contributed by atoms with van der Waals surface area (Å²) in [5.41, 5.74) is 4.04. The molecule has 1 aliphatic heterocycles. The molecule has 3 rings (SSSR count). The van der Waals surface area contributed by atoms with E-state index >= 15 is 0 Å². The predicted molar refractivity (Wildman–Crippen MR) is 104 cm³/mol. The molecule has 1 saturated heterocycles. The van der Waals surface area contributed by atoms with E-state index in [9.17, 15) is 23.6 Å². The van der Waals surface area contributed by atoms with E-state index in [4.69, 9.17) is 4.74 Å². The minimum atomic E-state index is -0.798. The van der Waals surface area contributed by atoms with Gasteiger partial charge in [0.15, 0.2) is 6.61 Å². The lowest BCUT2D eigenvalue weighted by Crippen LogP contribution is -2.43. The quantitative estimate of drug-likeness (QED) is 0.703. The summed E-state index contributed by atoms with van der Waals surface area (Å²) >= 11 is 0. The number of rotatable bonds is 6. The van der Waals surface area contributed by atoms with Crippen molar-refractivity contribution in [1.29, 1.82) is 0 Å². The molecule has 3 amide bonds. The number of benzene rings is 2. The van der Waals surface area contributed by atoms with Crippen molar-refractivity contribution in [1.82, 2.24) is 10.4 Å². The molecule has 30 heavy (non-hydrogen) atoms. The van der Waals surface area contributed by atoms with E-state index < -0.39 is 42.0 Å². The minimum Gasteiger partial charge on any atom is -0.455 e. The van der Waals surface area contributed by atoms with E-state index in [1.807, 2.05) is 0 Å². The summed E-state index contributed by atoms with van der Waals surface area (Å²) in [6.45, 7) is 1.18. The Labute approximate surface area is 172 Å². The lowest BCUT2D eigenvalue weighted by molar-refractivity contribution is -0.151. The van der Waals surface area contributed by atoms with E-state index in [-0.39, 0.29) is 13.0 Å². The van der Waals surface area contributed by atoms with Crippen LogP contribution in [-0.2, 0) is 19.1 Å². The Balaban J connectivity index is 1.48. The summed E-state index contributed by atoms with van der Waals surface area (Å²) in [6, 6.07) is 12.0. The highest BCUT2D eigenvalue weighted by Gasteiger charge is 2.36. The average molecular weight is 413 g/mol. The second kappa shape index (κ2) is 9.17. The Morgan fingerprint density at radius 2 is 1.83 bits per heavy atom. The third-order valence-corrected chi connectivity index (χ3v) is 4.56. The van der Waals surface area contributed by atoms with Crippen molar-refractivity contribution >= 4 is 29.4 Å². The Morgan fingerprint density at radius 3 is 2.53 bits per heavy atom. The number of amides is 3. The first-order chi connectivity index (χ1) is 14.3. The SMILES string of the molecule is Cc1ccccc1C(=O)NN1C[C@@H](C(=O)OCC(=O)Nc2ccc(F)cc2)CC1=O. The maximum absolute atomic E-state index is 12.9. The number of halogens is 1. The number of aryl methyl sites for hydroxylation is 1. The molecule has 1 aliphatic rings. The third-order valence-electron chi connectivity index (χ3n) is 4.56. The molecule has 0 radical (unpaired) electrons. The van der Waals surface area contributed by atoms with Crippen LogP contribution in [0, 0.1) is 18.7 Å². The van der Waals surface area contributed by atoms with Crippen molar-refractivity contribution in [3.8, 4) is 0 Å². The van der Waals surface area contributed by atoms with Crippen molar-refractivity contribution in [2.45, 2.75) is 13.3 Å². The highest BCUT2D eigenvalue weighted by molar-refractivity contribution is 5.98. The maximum Gasteiger partial charge on any atom is 0.311 e. The fourth-order valence-electron chi connectivity index (χ4n) is 2.97. The topological polar surface area (TPSA) is 105 Å². The minimum absolute atomic E-state index is 0.0468. The largest absolute Gasteiger partial charge is 0.455 e. The number of hydrogen-bond acceptors (Lipinski definition) is 5. The van der Waals surface area contributed by atoms with Gasteiger partial charge in [0.25, 0.3) is 11.8 Å². The molecule has 1 fully saturated rings. The van der Waals surface area contributed by atoms with Crippen molar-refractivity contribution in [3.63, 3.8) is 0 Å². The maximum atomic E-state index is 12.9. The molecule has 0 unspecified atom stereocenters. The molecule has 8 nitrogen and oxygen atoms in total. The first-order valence-electron chi connectivity index (χ1n) is 9.22. The fraction of sp³-hybridized carbons (Fsp3) is 0.238. The van der Waals surface area contributed by atoms with Crippen molar-refractivity contribution < 1.29 is 28.3 Å². The van der Waals surface area contributed by atoms with Crippen LogP contribution < -0.4 is 10.7 Å². The Bertz CT molecular complexity index is 977. The lowest BCUT2D eigenvalue weighted by Gasteiger charge is -2.18. The van der Waals surface area contributed by atoms with Crippen molar-refractivity contribution in [3.05, 3.63) is 65.5 Å². The summed E-state index contributed by atoms with van der Waals surface area (Å²) in [5.74, 6) is -3.42. The number of anilines is 1. The molecular formula is C21H20FN3O5. The smallest absolute Gasteiger partial charge is 0.311 e. The van der Waals surface area contributed by atoms with Crippen molar-refractivity contribution in [2.75, 3.05) is 18.5 Å². The summed E-state index contributed by atoms with van der Waals surface area (Å²) < 4.78 is 17.8. The summed E-state index contributed by atoms with van der Waals surface area (Å²) in [4.78, 5) is 48.6. The highest BCUT2D eigenvalue weighted by Crippen LogP contribution is 2.18. The number of carbonyl (C=O) groups excluding carboxylic acids is 4. The van der Waals surface area contributed by atoms with Gasteiger partial charge in [-0.2, -0.15) is 0 Å². The fourth-order valence-corrected chi connectivity index (χ4v) is 2.97. The van der Waals surface area contributed by atoms with E-state index in [2.05, 4.69) is 10.7 Å². The summed E-state index contributed by atoms with van der Waals surface area (Å²) in [6.07, 6.45) is -0.132. The molecule has 0 spiro atoms. The molecule has 1 heterocycles. The first kappa shape index (κ1) is 21.0. The number of carbonyl (C=O) groups is 4. The number of nitrogens with one attached hydrogen (secondary N) is 2. The van der Waals surface area contributed by atoms with Crippen LogP contribution in [-0.4, -0.2) is 41.9 Å². The van der Waals surface area contributed by atoms with Crippen LogP contribution in [0.4, 0.5) is 10.1 Å². The van der Waals surface area contributed by atoms with Gasteiger partial charge in [0, 0.05) is 17.7 Å². The molecule has 2 aromatic carbocycles. The highest BCUT2D eigenvalue weighted by atomic mass is 19.1. The molecule has 1 atom stereocenters. The van der Waals surface area contributed by atoms with Gasteiger partial charge in [-0.3, -0.25) is 29.6 Å². The number of hydrazine groups is 1. The third kappa shape index (κ3) is 5.19. The number of nitrogens with zero attached hydrogens (tertiary/aromatic N) is 1. The van der Waals surface area contributed by atoms with Gasteiger partial charge in [0.2, 0.25) is 5.91 Å². The van der Waals surface area contributed by atoms with Crippen LogP contribution in [0.2, 0.25) is 0 Å². The van der Waals surface area contributed by atoms with Gasteiger partial charge < -0.3 is 10.1 Å². The molecule has 0 saturated carbocycles. The molecule has 2 aromatic rings. The van der Waals surface area contributed by atoms with Gasteiger partial charge in [-0.1, -0.05) is 18.2 Å². The Hall–Kier alpha value is -3.75. The molecule has 0 bridgehead atoms. The van der Waals surface area contributed by atoms with Crippen LogP contribution in [0.3, 0.4) is 0 Å². The number of esters is 1. The monoisotopic (exact) mass is 413 g/mol. The van der Waals surface area contributed by atoms with Crippen LogP contribution in [0.25, 0.3) is 0 Å².